The molecule has 1 aromatic carbocycles. The highest BCUT2D eigenvalue weighted by Crippen LogP contribution is 2.35. The minimum atomic E-state index is 0.493. The van der Waals surface area contributed by atoms with E-state index in [0.717, 1.165) is 18.7 Å². The Bertz CT molecular complexity index is 723. The normalized spacial score (nSPS) is 18.8. The van der Waals surface area contributed by atoms with E-state index in [1.54, 1.807) is 0 Å². The smallest absolute Gasteiger partial charge is 0.247 e. The molecule has 5 heteroatoms. The molecule has 1 atom stereocenters. The van der Waals surface area contributed by atoms with E-state index in [-0.39, 0.29) is 0 Å². The molecule has 3 aromatic rings. The maximum absolute atomic E-state index is 5.84. The first-order chi connectivity index (χ1) is 10.9. The third kappa shape index (κ3) is 2.69. The second-order valence-electron chi connectivity index (χ2n) is 5.51. The first-order valence-corrected chi connectivity index (χ1v) is 8.43. The summed E-state index contributed by atoms with van der Waals surface area (Å²) in [6, 6.07) is 14.7. The van der Waals surface area contributed by atoms with Crippen LogP contribution in [-0.4, -0.2) is 21.6 Å². The summed E-state index contributed by atoms with van der Waals surface area (Å²) in [5, 5.41) is 10.5. The topological polar surface area (TPSA) is 42.2 Å². The molecule has 0 saturated carbocycles. The Balaban J connectivity index is 1.51. The number of aromatic nitrogens is 2. The second kappa shape index (κ2) is 6.02. The molecule has 1 fully saturated rings. The van der Waals surface area contributed by atoms with E-state index in [0.29, 0.717) is 17.8 Å². The SMILES string of the molecule is c1ccc(-c2nnc(CN3CCC[C@@H]3c3cccs3)o2)cc1. The Morgan fingerprint density at radius 1 is 1.14 bits per heavy atom. The molecular weight excluding hydrogens is 294 g/mol. The predicted molar refractivity (Wildman–Crippen MR) is 86.4 cm³/mol. The van der Waals surface area contributed by atoms with E-state index in [9.17, 15) is 0 Å². The quantitative estimate of drug-likeness (QED) is 0.726. The van der Waals surface area contributed by atoms with Crippen LogP contribution in [0.2, 0.25) is 0 Å². The molecule has 1 aliphatic heterocycles. The van der Waals surface area contributed by atoms with Crippen molar-refractivity contribution in [3.63, 3.8) is 0 Å². The lowest BCUT2D eigenvalue weighted by molar-refractivity contribution is 0.227. The minimum absolute atomic E-state index is 0.493. The van der Waals surface area contributed by atoms with Crippen LogP contribution in [0.3, 0.4) is 0 Å². The molecule has 1 aliphatic rings. The largest absolute Gasteiger partial charge is 0.419 e. The van der Waals surface area contributed by atoms with Crippen LogP contribution < -0.4 is 0 Å². The van der Waals surface area contributed by atoms with Crippen LogP contribution in [0.25, 0.3) is 11.5 Å². The molecule has 22 heavy (non-hydrogen) atoms. The first-order valence-electron chi connectivity index (χ1n) is 7.55. The Morgan fingerprint density at radius 3 is 2.86 bits per heavy atom. The average Bonchev–Trinajstić information content (AvgIpc) is 3.30. The monoisotopic (exact) mass is 311 g/mol. The number of likely N-dealkylation sites (tertiary alicyclic amines) is 1. The Hall–Kier alpha value is -1.98. The predicted octanol–water partition coefficient (Wildman–Crippen LogP) is 4.14. The molecule has 0 unspecified atom stereocenters. The zero-order valence-electron chi connectivity index (χ0n) is 12.2. The second-order valence-corrected chi connectivity index (χ2v) is 6.49. The van der Waals surface area contributed by atoms with Gasteiger partial charge in [0, 0.05) is 16.5 Å². The molecule has 0 N–H and O–H groups in total. The van der Waals surface area contributed by atoms with Crippen molar-refractivity contribution in [1.29, 1.82) is 0 Å². The van der Waals surface area contributed by atoms with Gasteiger partial charge in [-0.1, -0.05) is 24.3 Å². The lowest BCUT2D eigenvalue weighted by Gasteiger charge is -2.21. The van der Waals surface area contributed by atoms with Crippen molar-refractivity contribution in [2.24, 2.45) is 0 Å². The zero-order valence-corrected chi connectivity index (χ0v) is 13.0. The van der Waals surface area contributed by atoms with Crippen molar-refractivity contribution in [3.05, 3.63) is 58.6 Å². The van der Waals surface area contributed by atoms with Crippen LogP contribution in [0.15, 0.2) is 52.3 Å². The maximum Gasteiger partial charge on any atom is 0.247 e. The van der Waals surface area contributed by atoms with Crippen LogP contribution in [0.5, 0.6) is 0 Å². The molecule has 3 heterocycles. The third-order valence-corrected chi connectivity index (χ3v) is 5.03. The Kier molecular flexibility index (Phi) is 3.74. The van der Waals surface area contributed by atoms with Crippen LogP contribution in [0, 0.1) is 0 Å². The molecule has 0 spiro atoms. The molecule has 0 bridgehead atoms. The molecular formula is C17H17N3OS. The van der Waals surface area contributed by atoms with Gasteiger partial charge in [0.25, 0.3) is 0 Å². The van der Waals surface area contributed by atoms with Gasteiger partial charge >= 0.3 is 0 Å². The number of rotatable bonds is 4. The number of benzene rings is 1. The Labute approximate surface area is 133 Å². The summed E-state index contributed by atoms with van der Waals surface area (Å²) < 4.78 is 5.84. The summed E-state index contributed by atoms with van der Waals surface area (Å²) in [5.74, 6) is 1.30. The highest BCUT2D eigenvalue weighted by atomic mass is 32.1. The van der Waals surface area contributed by atoms with Crippen molar-refractivity contribution in [2.75, 3.05) is 6.54 Å². The number of nitrogens with zero attached hydrogens (tertiary/aromatic N) is 3. The molecule has 0 aliphatic carbocycles. The average molecular weight is 311 g/mol. The van der Waals surface area contributed by atoms with Gasteiger partial charge in [-0.2, -0.15) is 0 Å². The van der Waals surface area contributed by atoms with E-state index in [4.69, 9.17) is 4.42 Å². The van der Waals surface area contributed by atoms with E-state index < -0.39 is 0 Å². The highest BCUT2D eigenvalue weighted by Gasteiger charge is 2.28. The molecule has 2 aromatic heterocycles. The summed E-state index contributed by atoms with van der Waals surface area (Å²) in [6.45, 7) is 1.81. The summed E-state index contributed by atoms with van der Waals surface area (Å²) in [5.41, 5.74) is 0.970. The van der Waals surface area contributed by atoms with Crippen LogP contribution in [0.1, 0.15) is 29.7 Å². The molecule has 4 nitrogen and oxygen atoms in total. The lowest BCUT2D eigenvalue weighted by atomic mass is 10.2. The van der Waals surface area contributed by atoms with Crippen molar-refractivity contribution in [3.8, 4) is 11.5 Å². The molecule has 112 valence electrons. The van der Waals surface area contributed by atoms with Gasteiger partial charge in [0.15, 0.2) is 0 Å². The van der Waals surface area contributed by atoms with Gasteiger partial charge in [-0.25, -0.2) is 0 Å². The fraction of sp³-hybridized carbons (Fsp3) is 0.294. The van der Waals surface area contributed by atoms with Crippen molar-refractivity contribution in [2.45, 2.75) is 25.4 Å². The molecule has 0 amide bonds. The van der Waals surface area contributed by atoms with Gasteiger partial charge in [0.2, 0.25) is 11.8 Å². The summed E-state index contributed by atoms with van der Waals surface area (Å²) in [6.07, 6.45) is 2.43. The summed E-state index contributed by atoms with van der Waals surface area (Å²) in [7, 11) is 0. The molecule has 4 rings (SSSR count). The van der Waals surface area contributed by atoms with Gasteiger partial charge in [-0.3, -0.25) is 4.90 Å². The van der Waals surface area contributed by atoms with E-state index in [1.807, 2.05) is 41.7 Å². The first kappa shape index (κ1) is 13.7. The van der Waals surface area contributed by atoms with Gasteiger partial charge in [-0.15, -0.1) is 21.5 Å². The van der Waals surface area contributed by atoms with Gasteiger partial charge in [0.05, 0.1) is 6.54 Å². The molecule has 1 saturated heterocycles. The highest BCUT2D eigenvalue weighted by molar-refractivity contribution is 7.10. The zero-order chi connectivity index (χ0) is 14.8. The number of hydrogen-bond acceptors (Lipinski definition) is 5. The van der Waals surface area contributed by atoms with Gasteiger partial charge in [0.1, 0.15) is 0 Å². The van der Waals surface area contributed by atoms with Crippen molar-refractivity contribution in [1.82, 2.24) is 15.1 Å². The maximum atomic E-state index is 5.84. The third-order valence-electron chi connectivity index (χ3n) is 4.06. The fourth-order valence-corrected chi connectivity index (χ4v) is 3.90. The van der Waals surface area contributed by atoms with Crippen LogP contribution >= 0.6 is 11.3 Å². The number of thiophene rings is 1. The van der Waals surface area contributed by atoms with Gasteiger partial charge < -0.3 is 4.42 Å². The summed E-state index contributed by atoms with van der Waals surface area (Å²) in [4.78, 5) is 3.87. The fourth-order valence-electron chi connectivity index (χ4n) is 3.01. The minimum Gasteiger partial charge on any atom is -0.419 e. The Morgan fingerprint density at radius 2 is 2.05 bits per heavy atom. The van der Waals surface area contributed by atoms with Gasteiger partial charge in [-0.05, 0) is 43.0 Å². The van der Waals surface area contributed by atoms with E-state index in [2.05, 4.69) is 32.6 Å². The lowest BCUT2D eigenvalue weighted by Crippen LogP contribution is -2.22. The van der Waals surface area contributed by atoms with E-state index >= 15 is 0 Å². The van der Waals surface area contributed by atoms with Crippen LogP contribution in [-0.2, 0) is 6.54 Å². The standard InChI is InChI=1S/C17H17N3OS/c1-2-6-13(7-3-1)17-19-18-16(21-17)12-20-10-4-8-14(20)15-9-5-11-22-15/h1-3,5-7,9,11,14H,4,8,10,12H2/t14-/m1/s1. The molecule has 0 radical (unpaired) electrons. The summed E-state index contributed by atoms with van der Waals surface area (Å²) >= 11 is 1.83. The van der Waals surface area contributed by atoms with E-state index in [1.165, 1.54) is 17.7 Å². The van der Waals surface area contributed by atoms with Crippen LogP contribution in [0.4, 0.5) is 0 Å². The van der Waals surface area contributed by atoms with Crippen molar-refractivity contribution < 1.29 is 4.42 Å². The van der Waals surface area contributed by atoms with Crippen molar-refractivity contribution >= 4 is 11.3 Å². The number of hydrogen-bond donors (Lipinski definition) is 0.